The van der Waals surface area contributed by atoms with Crippen molar-refractivity contribution in [2.45, 2.75) is 20.7 Å². The minimum atomic E-state index is -0.426. The summed E-state index contributed by atoms with van der Waals surface area (Å²) in [4.78, 5) is 0. The summed E-state index contributed by atoms with van der Waals surface area (Å²) in [5, 5.41) is 9.67. The van der Waals surface area contributed by atoms with Crippen molar-refractivity contribution in [3.05, 3.63) is 65.7 Å². The van der Waals surface area contributed by atoms with Crippen molar-refractivity contribution >= 4 is 23.5 Å². The molecule has 0 amide bonds. The van der Waals surface area contributed by atoms with Crippen molar-refractivity contribution in [1.29, 1.82) is 0 Å². The van der Waals surface area contributed by atoms with Gasteiger partial charge in [0.15, 0.2) is 0 Å². The summed E-state index contributed by atoms with van der Waals surface area (Å²) in [5.74, 6) is 0. The maximum absolute atomic E-state index is 9.67. The van der Waals surface area contributed by atoms with Crippen LogP contribution < -0.4 is 5.46 Å². The van der Waals surface area contributed by atoms with Gasteiger partial charge in [0.05, 0.1) is 0 Å². The monoisotopic (exact) mass is 250 g/mol. The van der Waals surface area contributed by atoms with Gasteiger partial charge in [-0.05, 0) is 41.6 Å². The molecular formula is C17H19BO. The van der Waals surface area contributed by atoms with E-state index < -0.39 is 6.92 Å². The number of rotatable bonds is 3. The summed E-state index contributed by atoms with van der Waals surface area (Å²) in [5.41, 5.74) is 5.87. The third-order valence-electron chi connectivity index (χ3n) is 3.57. The first-order chi connectivity index (χ1) is 9.09. The molecule has 0 unspecified atom stereocenters. The Morgan fingerprint density at radius 1 is 0.842 bits per heavy atom. The van der Waals surface area contributed by atoms with Crippen LogP contribution in [0.5, 0.6) is 0 Å². The molecule has 0 bridgehead atoms. The van der Waals surface area contributed by atoms with Crippen LogP contribution >= 0.6 is 0 Å². The number of benzene rings is 2. The fraction of sp³-hybridized carbons (Fsp3) is 0.176. The fourth-order valence-electron chi connectivity index (χ4n) is 2.15. The van der Waals surface area contributed by atoms with Crippen molar-refractivity contribution in [3.8, 4) is 0 Å². The Kier molecular flexibility index (Phi) is 4.23. The summed E-state index contributed by atoms with van der Waals surface area (Å²) in [6.45, 7) is 5.63. The van der Waals surface area contributed by atoms with Crippen LogP contribution in [-0.2, 0) is 0 Å². The first kappa shape index (κ1) is 13.6. The molecule has 0 aliphatic rings. The van der Waals surface area contributed by atoms with Crippen LogP contribution in [0, 0.1) is 0 Å². The van der Waals surface area contributed by atoms with E-state index in [9.17, 15) is 5.02 Å². The van der Waals surface area contributed by atoms with Gasteiger partial charge in [-0.25, -0.2) is 0 Å². The van der Waals surface area contributed by atoms with Gasteiger partial charge in [-0.1, -0.05) is 61.4 Å². The van der Waals surface area contributed by atoms with E-state index in [-0.39, 0.29) is 0 Å². The quantitative estimate of drug-likeness (QED) is 0.653. The summed E-state index contributed by atoms with van der Waals surface area (Å²) >= 11 is 0. The Balaban J connectivity index is 2.43. The van der Waals surface area contributed by atoms with E-state index in [1.807, 2.05) is 18.2 Å². The van der Waals surface area contributed by atoms with Gasteiger partial charge < -0.3 is 5.02 Å². The predicted molar refractivity (Wildman–Crippen MR) is 84.5 cm³/mol. The zero-order chi connectivity index (χ0) is 13.8. The first-order valence-corrected chi connectivity index (χ1v) is 6.61. The van der Waals surface area contributed by atoms with Gasteiger partial charge in [0, 0.05) is 0 Å². The minimum absolute atomic E-state index is 0.426. The largest absolute Gasteiger partial charge is 0.447 e. The van der Waals surface area contributed by atoms with Crippen molar-refractivity contribution < 1.29 is 5.02 Å². The van der Waals surface area contributed by atoms with Crippen LogP contribution in [0.4, 0.5) is 0 Å². The van der Waals surface area contributed by atoms with E-state index in [1.165, 1.54) is 22.3 Å². The maximum atomic E-state index is 9.67. The van der Waals surface area contributed by atoms with Crippen molar-refractivity contribution in [2.75, 3.05) is 0 Å². The molecule has 0 fully saturated rings. The SMILES string of the molecule is CB(O)c1cccc(/C(C)=C(\C)c2ccccc2)c1. The lowest BCUT2D eigenvalue weighted by molar-refractivity contribution is 0.594. The van der Waals surface area contributed by atoms with Crippen LogP contribution in [0.3, 0.4) is 0 Å². The molecule has 0 aliphatic heterocycles. The molecule has 0 atom stereocenters. The van der Waals surface area contributed by atoms with E-state index in [1.54, 1.807) is 6.82 Å². The molecule has 0 radical (unpaired) electrons. The Bertz CT molecular complexity index is 585. The Labute approximate surface area is 115 Å². The highest BCUT2D eigenvalue weighted by atomic mass is 16.2. The highest BCUT2D eigenvalue weighted by molar-refractivity contribution is 6.64. The van der Waals surface area contributed by atoms with Gasteiger partial charge in [-0.15, -0.1) is 0 Å². The topological polar surface area (TPSA) is 20.2 Å². The molecular weight excluding hydrogens is 231 g/mol. The Morgan fingerprint density at radius 3 is 2.05 bits per heavy atom. The molecule has 0 aromatic heterocycles. The van der Waals surface area contributed by atoms with Crippen molar-refractivity contribution in [1.82, 2.24) is 0 Å². The molecule has 1 nitrogen and oxygen atoms in total. The van der Waals surface area contributed by atoms with Crippen molar-refractivity contribution in [2.24, 2.45) is 0 Å². The van der Waals surface area contributed by atoms with Gasteiger partial charge >= 0.3 is 6.92 Å². The number of hydrogen-bond acceptors (Lipinski definition) is 1. The van der Waals surface area contributed by atoms with Gasteiger partial charge in [-0.3, -0.25) is 0 Å². The molecule has 0 saturated carbocycles. The van der Waals surface area contributed by atoms with E-state index in [2.05, 4.69) is 50.2 Å². The highest BCUT2D eigenvalue weighted by Gasteiger charge is 2.08. The minimum Gasteiger partial charge on any atom is -0.447 e. The maximum Gasteiger partial charge on any atom is 0.320 e. The second-order valence-electron chi connectivity index (χ2n) is 4.92. The second-order valence-corrected chi connectivity index (χ2v) is 4.92. The van der Waals surface area contributed by atoms with Crippen LogP contribution in [0.2, 0.25) is 6.82 Å². The molecule has 2 heteroatoms. The highest BCUT2D eigenvalue weighted by Crippen LogP contribution is 2.24. The Hall–Kier alpha value is -1.80. The number of hydrogen-bond donors (Lipinski definition) is 1. The molecule has 0 spiro atoms. The molecule has 19 heavy (non-hydrogen) atoms. The average Bonchev–Trinajstić information content (AvgIpc) is 2.46. The summed E-state index contributed by atoms with van der Waals surface area (Å²) in [6, 6.07) is 18.5. The van der Waals surface area contributed by atoms with E-state index >= 15 is 0 Å². The van der Waals surface area contributed by atoms with Crippen LogP contribution in [0.15, 0.2) is 54.6 Å². The summed E-state index contributed by atoms with van der Waals surface area (Å²) < 4.78 is 0. The van der Waals surface area contributed by atoms with Crippen LogP contribution in [-0.4, -0.2) is 11.9 Å². The molecule has 96 valence electrons. The average molecular weight is 250 g/mol. The fourth-order valence-corrected chi connectivity index (χ4v) is 2.15. The molecule has 0 heterocycles. The van der Waals surface area contributed by atoms with Gasteiger partial charge in [-0.2, -0.15) is 0 Å². The van der Waals surface area contributed by atoms with Gasteiger partial charge in [0.1, 0.15) is 0 Å². The molecule has 1 N–H and O–H groups in total. The molecule has 0 aliphatic carbocycles. The zero-order valence-corrected chi connectivity index (χ0v) is 11.7. The van der Waals surface area contributed by atoms with E-state index in [0.717, 1.165) is 5.46 Å². The zero-order valence-electron chi connectivity index (χ0n) is 11.7. The molecule has 2 rings (SSSR count). The summed E-state index contributed by atoms with van der Waals surface area (Å²) in [6.07, 6.45) is 0. The predicted octanol–water partition coefficient (Wildman–Crippen LogP) is 3.46. The second kappa shape index (κ2) is 5.90. The number of allylic oxidation sites excluding steroid dienone is 2. The molecule has 2 aromatic carbocycles. The first-order valence-electron chi connectivity index (χ1n) is 6.61. The lowest BCUT2D eigenvalue weighted by Crippen LogP contribution is -2.26. The standard InChI is InChI=1S/C17H19BO/c1-13(15-8-5-4-6-9-15)14(2)16-10-7-11-17(12-16)18(3)19/h4-12,19H,1-3H3/b14-13+. The molecule has 0 saturated heterocycles. The van der Waals surface area contributed by atoms with Crippen molar-refractivity contribution in [3.63, 3.8) is 0 Å². The lowest BCUT2D eigenvalue weighted by Gasteiger charge is -2.10. The van der Waals surface area contributed by atoms with Gasteiger partial charge in [0.2, 0.25) is 0 Å². The third kappa shape index (κ3) is 3.15. The van der Waals surface area contributed by atoms with Crippen LogP contribution in [0.1, 0.15) is 25.0 Å². The lowest BCUT2D eigenvalue weighted by atomic mass is 9.64. The van der Waals surface area contributed by atoms with E-state index in [4.69, 9.17) is 0 Å². The Morgan fingerprint density at radius 2 is 1.42 bits per heavy atom. The van der Waals surface area contributed by atoms with Crippen LogP contribution in [0.25, 0.3) is 11.1 Å². The smallest absolute Gasteiger partial charge is 0.320 e. The summed E-state index contributed by atoms with van der Waals surface area (Å²) in [7, 11) is 0. The molecule has 2 aromatic rings. The van der Waals surface area contributed by atoms with E-state index in [0.29, 0.717) is 0 Å². The van der Waals surface area contributed by atoms with Gasteiger partial charge in [0.25, 0.3) is 0 Å². The normalized spacial score (nSPS) is 12.0. The third-order valence-corrected chi connectivity index (χ3v) is 3.57.